The van der Waals surface area contributed by atoms with Crippen LogP contribution in [0.25, 0.3) is 0 Å². The highest BCUT2D eigenvalue weighted by Crippen LogP contribution is 2.15. The van der Waals surface area contributed by atoms with Gasteiger partial charge in [-0.25, -0.2) is 0 Å². The highest BCUT2D eigenvalue weighted by Gasteiger charge is 2.23. The van der Waals surface area contributed by atoms with Crippen molar-refractivity contribution >= 4 is 5.97 Å². The number of nitrogens with one attached hydrogen (secondary N) is 2. The van der Waals surface area contributed by atoms with Crippen LogP contribution in [-0.4, -0.2) is 22.1 Å². The molecule has 0 aromatic carbocycles. The van der Waals surface area contributed by atoms with Crippen molar-refractivity contribution < 1.29 is 9.90 Å². The molecule has 0 radical (unpaired) electrons. The second kappa shape index (κ2) is 2.64. The number of aromatic amines is 1. The van der Waals surface area contributed by atoms with Gasteiger partial charge in [-0.1, -0.05) is 0 Å². The van der Waals surface area contributed by atoms with E-state index in [2.05, 4.69) is 10.3 Å². The van der Waals surface area contributed by atoms with Crippen molar-refractivity contribution in [3.05, 3.63) is 23.5 Å². The Hall–Kier alpha value is -1.29. The van der Waals surface area contributed by atoms with E-state index >= 15 is 0 Å². The highest BCUT2D eigenvalue weighted by molar-refractivity contribution is 5.74. The molecule has 1 aromatic heterocycles. The largest absolute Gasteiger partial charge is 0.480 e. The van der Waals surface area contributed by atoms with Crippen LogP contribution in [0.3, 0.4) is 0 Å². The van der Waals surface area contributed by atoms with Crippen molar-refractivity contribution in [1.29, 1.82) is 0 Å². The fourth-order valence-corrected chi connectivity index (χ4v) is 1.48. The summed E-state index contributed by atoms with van der Waals surface area (Å²) in [6.45, 7) is 0.649. The lowest BCUT2D eigenvalue weighted by atomic mass is 10.0. The Balaban J connectivity index is 2.20. The number of aliphatic carboxylic acids is 1. The van der Waals surface area contributed by atoms with E-state index in [4.69, 9.17) is 5.11 Å². The predicted molar refractivity (Wildman–Crippen MR) is 42.8 cm³/mol. The molecular weight excluding hydrogens is 156 g/mol. The summed E-state index contributed by atoms with van der Waals surface area (Å²) in [6, 6.07) is -0.423. The Bertz CT molecular complexity index is 306. The smallest absolute Gasteiger partial charge is 0.321 e. The molecule has 4 heteroatoms. The van der Waals surface area contributed by atoms with Gasteiger partial charge in [0.25, 0.3) is 0 Å². The molecule has 0 aliphatic carbocycles. The third kappa shape index (κ3) is 1.10. The third-order valence-corrected chi connectivity index (χ3v) is 2.19. The first kappa shape index (κ1) is 7.36. The Morgan fingerprint density at radius 3 is 3.00 bits per heavy atom. The van der Waals surface area contributed by atoms with E-state index < -0.39 is 12.0 Å². The second-order valence-corrected chi connectivity index (χ2v) is 2.98. The van der Waals surface area contributed by atoms with E-state index in [-0.39, 0.29) is 0 Å². The second-order valence-electron chi connectivity index (χ2n) is 2.98. The molecule has 1 atom stereocenters. The summed E-state index contributed by atoms with van der Waals surface area (Å²) in [7, 11) is 0. The number of hydrogen-bond acceptors (Lipinski definition) is 2. The zero-order chi connectivity index (χ0) is 8.55. The fraction of sp³-hybridized carbons (Fsp3) is 0.375. The van der Waals surface area contributed by atoms with Gasteiger partial charge in [0.15, 0.2) is 0 Å². The molecule has 2 heterocycles. The van der Waals surface area contributed by atoms with E-state index in [0.29, 0.717) is 13.0 Å². The van der Waals surface area contributed by atoms with E-state index in [1.54, 1.807) is 0 Å². The lowest BCUT2D eigenvalue weighted by Crippen LogP contribution is -2.41. The lowest BCUT2D eigenvalue weighted by molar-refractivity contribution is -0.139. The summed E-state index contributed by atoms with van der Waals surface area (Å²) in [4.78, 5) is 13.6. The van der Waals surface area contributed by atoms with Crippen LogP contribution in [0.15, 0.2) is 12.4 Å². The van der Waals surface area contributed by atoms with Crippen LogP contribution >= 0.6 is 0 Å². The van der Waals surface area contributed by atoms with Crippen LogP contribution in [0.4, 0.5) is 0 Å². The molecule has 1 aliphatic heterocycles. The molecule has 0 bridgehead atoms. The van der Waals surface area contributed by atoms with Gasteiger partial charge in [0, 0.05) is 25.4 Å². The maximum absolute atomic E-state index is 10.6. The summed E-state index contributed by atoms with van der Waals surface area (Å²) in [6.07, 6.45) is 4.35. The molecule has 0 amide bonds. The van der Waals surface area contributed by atoms with Crippen molar-refractivity contribution in [2.75, 3.05) is 0 Å². The van der Waals surface area contributed by atoms with Crippen molar-refractivity contribution in [1.82, 2.24) is 10.3 Å². The average Bonchev–Trinajstić information content (AvgIpc) is 2.49. The van der Waals surface area contributed by atoms with E-state index in [1.165, 1.54) is 5.56 Å². The summed E-state index contributed by atoms with van der Waals surface area (Å²) < 4.78 is 0. The van der Waals surface area contributed by atoms with Crippen LogP contribution in [-0.2, 0) is 17.8 Å². The van der Waals surface area contributed by atoms with Gasteiger partial charge in [-0.3, -0.25) is 10.1 Å². The van der Waals surface area contributed by atoms with Crippen LogP contribution < -0.4 is 5.32 Å². The number of fused-ring (bicyclic) bond motifs is 1. The lowest BCUT2D eigenvalue weighted by Gasteiger charge is -2.19. The molecule has 0 saturated heterocycles. The maximum Gasteiger partial charge on any atom is 0.321 e. The summed E-state index contributed by atoms with van der Waals surface area (Å²) >= 11 is 0. The SMILES string of the molecule is O=C(O)[C@H]1Cc2c[nH]cc2CN1. The average molecular weight is 166 g/mol. The van der Waals surface area contributed by atoms with Gasteiger partial charge in [0.05, 0.1) is 0 Å². The number of carboxylic acid groups (broad SMARTS) is 1. The third-order valence-electron chi connectivity index (χ3n) is 2.19. The minimum Gasteiger partial charge on any atom is -0.480 e. The number of aromatic nitrogens is 1. The van der Waals surface area contributed by atoms with Gasteiger partial charge < -0.3 is 10.1 Å². The Labute approximate surface area is 69.6 Å². The van der Waals surface area contributed by atoms with Gasteiger partial charge in [0.1, 0.15) is 6.04 Å². The van der Waals surface area contributed by atoms with Gasteiger partial charge in [0.2, 0.25) is 0 Å². The predicted octanol–water partition coefficient (Wildman–Crippen LogP) is 0.114. The fourth-order valence-electron chi connectivity index (χ4n) is 1.48. The molecule has 0 saturated carbocycles. The minimum atomic E-state index is -0.776. The zero-order valence-corrected chi connectivity index (χ0v) is 6.50. The van der Waals surface area contributed by atoms with E-state index in [1.807, 2.05) is 12.4 Å². The van der Waals surface area contributed by atoms with Gasteiger partial charge >= 0.3 is 5.97 Å². The van der Waals surface area contributed by atoms with Gasteiger partial charge in [-0.05, 0) is 11.1 Å². The first-order valence-corrected chi connectivity index (χ1v) is 3.88. The molecule has 0 unspecified atom stereocenters. The highest BCUT2D eigenvalue weighted by atomic mass is 16.4. The number of hydrogen-bond donors (Lipinski definition) is 3. The monoisotopic (exact) mass is 166 g/mol. The van der Waals surface area contributed by atoms with E-state index in [9.17, 15) is 4.79 Å². The molecule has 0 fully saturated rings. The number of carboxylic acids is 1. The molecule has 2 rings (SSSR count). The van der Waals surface area contributed by atoms with Crippen LogP contribution in [0, 0.1) is 0 Å². The van der Waals surface area contributed by atoms with Gasteiger partial charge in [-0.2, -0.15) is 0 Å². The van der Waals surface area contributed by atoms with Crippen LogP contribution in [0.1, 0.15) is 11.1 Å². The number of H-pyrrole nitrogens is 1. The molecule has 4 nitrogen and oxygen atoms in total. The molecule has 3 N–H and O–H groups in total. The summed E-state index contributed by atoms with van der Waals surface area (Å²) in [5, 5.41) is 11.7. The van der Waals surface area contributed by atoms with Crippen LogP contribution in [0.5, 0.6) is 0 Å². The molecule has 0 spiro atoms. The summed E-state index contributed by atoms with van der Waals surface area (Å²) in [5.41, 5.74) is 2.29. The standard InChI is InChI=1S/C8H10N2O2/c11-8(12)7-1-5-2-9-3-6(5)4-10-7/h2-3,7,9-10H,1,4H2,(H,11,12)/t7-/m1/s1. The maximum atomic E-state index is 10.6. The minimum absolute atomic E-state index is 0.423. The van der Waals surface area contributed by atoms with E-state index in [0.717, 1.165) is 5.56 Å². The molecule has 1 aliphatic rings. The number of rotatable bonds is 1. The van der Waals surface area contributed by atoms with Gasteiger partial charge in [-0.15, -0.1) is 0 Å². The molecule has 12 heavy (non-hydrogen) atoms. The zero-order valence-electron chi connectivity index (χ0n) is 6.50. The Morgan fingerprint density at radius 2 is 2.25 bits per heavy atom. The summed E-state index contributed by atoms with van der Waals surface area (Å²) in [5.74, 6) is -0.776. The van der Waals surface area contributed by atoms with Crippen molar-refractivity contribution in [3.8, 4) is 0 Å². The number of carbonyl (C=O) groups is 1. The molecular formula is C8H10N2O2. The quantitative estimate of drug-likeness (QED) is 0.555. The first-order valence-electron chi connectivity index (χ1n) is 3.88. The molecule has 1 aromatic rings. The van der Waals surface area contributed by atoms with Crippen LogP contribution in [0.2, 0.25) is 0 Å². The Kier molecular flexibility index (Phi) is 1.62. The normalized spacial score (nSPS) is 21.8. The first-order chi connectivity index (χ1) is 5.77. The topological polar surface area (TPSA) is 65.1 Å². The van der Waals surface area contributed by atoms with Crippen molar-refractivity contribution in [2.24, 2.45) is 0 Å². The van der Waals surface area contributed by atoms with Crippen molar-refractivity contribution in [3.63, 3.8) is 0 Å². The Morgan fingerprint density at radius 1 is 1.50 bits per heavy atom. The molecule has 64 valence electrons. The van der Waals surface area contributed by atoms with Crippen molar-refractivity contribution in [2.45, 2.75) is 19.0 Å².